The summed E-state index contributed by atoms with van der Waals surface area (Å²) in [5.41, 5.74) is 2.06. The molecule has 2 rings (SSSR count). The van der Waals surface area contributed by atoms with Gasteiger partial charge in [-0.25, -0.2) is 4.39 Å². The van der Waals surface area contributed by atoms with Crippen LogP contribution in [-0.2, 0) is 27.1 Å². The number of carbonyl (C=O) groups excluding carboxylic acids is 1. The van der Waals surface area contributed by atoms with E-state index in [1.807, 2.05) is 31.2 Å². The highest BCUT2D eigenvalue weighted by atomic mass is 19.1. The van der Waals surface area contributed by atoms with Crippen LogP contribution in [0.5, 0.6) is 5.75 Å². The fourth-order valence-electron chi connectivity index (χ4n) is 2.86. The maximum absolute atomic E-state index is 13.0. The van der Waals surface area contributed by atoms with Crippen LogP contribution in [0.1, 0.15) is 24.5 Å². The Morgan fingerprint density at radius 2 is 1.73 bits per heavy atom. The van der Waals surface area contributed by atoms with Crippen LogP contribution in [0.2, 0.25) is 0 Å². The van der Waals surface area contributed by atoms with Gasteiger partial charge in [-0.2, -0.15) is 0 Å². The molecule has 0 saturated carbocycles. The fraction of sp³-hybridized carbons (Fsp3) is 0.375. The Kier molecular flexibility index (Phi) is 10.3. The van der Waals surface area contributed by atoms with Gasteiger partial charge in [-0.1, -0.05) is 24.3 Å². The molecule has 2 aromatic rings. The van der Waals surface area contributed by atoms with Crippen molar-refractivity contribution in [2.75, 3.05) is 26.9 Å². The molecule has 30 heavy (non-hydrogen) atoms. The van der Waals surface area contributed by atoms with E-state index in [4.69, 9.17) is 9.47 Å². The lowest BCUT2D eigenvalue weighted by Crippen LogP contribution is -2.37. The van der Waals surface area contributed by atoms with Gasteiger partial charge in [0.1, 0.15) is 23.8 Å². The molecule has 6 heteroatoms. The Morgan fingerprint density at radius 3 is 2.40 bits per heavy atom. The summed E-state index contributed by atoms with van der Waals surface area (Å²) in [6, 6.07) is 14.0. The largest absolute Gasteiger partial charge is 0.481 e. The van der Waals surface area contributed by atoms with Gasteiger partial charge >= 0.3 is 0 Å². The van der Waals surface area contributed by atoms with Crippen molar-refractivity contribution in [3.8, 4) is 17.8 Å². The number of rotatable bonds is 11. The summed E-state index contributed by atoms with van der Waals surface area (Å²) in [5, 5.41) is 2.94. The minimum absolute atomic E-state index is 0.129. The van der Waals surface area contributed by atoms with Gasteiger partial charge in [0, 0.05) is 13.2 Å². The topological polar surface area (TPSA) is 56.8 Å². The minimum Gasteiger partial charge on any atom is -0.481 e. The molecule has 1 N–H and O–H groups in total. The quantitative estimate of drug-likeness (QED) is 0.573. The molecule has 0 aliphatic carbocycles. The molecule has 0 fully saturated rings. The molecular formula is C24H28FNO4. The summed E-state index contributed by atoms with van der Waals surface area (Å²) < 4.78 is 28.7. The third-order valence-electron chi connectivity index (χ3n) is 4.39. The third-order valence-corrected chi connectivity index (χ3v) is 4.39. The Morgan fingerprint density at radius 1 is 1.07 bits per heavy atom. The minimum atomic E-state index is -0.524. The summed E-state index contributed by atoms with van der Waals surface area (Å²) in [6.07, 6.45) is 3.84. The first-order chi connectivity index (χ1) is 14.6. The SMILES string of the molecule is CCOC(CCc1ccc(F)cc1)C(=O)NCCc1ccc(OCC#COC)cc1. The number of hydrogen-bond donors (Lipinski definition) is 1. The normalized spacial score (nSPS) is 11.2. The molecule has 0 heterocycles. The predicted octanol–water partition coefficient (Wildman–Crippen LogP) is 3.51. The smallest absolute Gasteiger partial charge is 0.249 e. The number of ether oxygens (including phenoxy) is 3. The zero-order chi connectivity index (χ0) is 21.6. The number of nitrogens with one attached hydrogen (secondary N) is 1. The van der Waals surface area contributed by atoms with Crippen molar-refractivity contribution < 1.29 is 23.4 Å². The average molecular weight is 413 g/mol. The highest BCUT2D eigenvalue weighted by Crippen LogP contribution is 2.13. The molecule has 0 radical (unpaired) electrons. The zero-order valence-electron chi connectivity index (χ0n) is 17.4. The Balaban J connectivity index is 1.75. The first kappa shape index (κ1) is 23.2. The van der Waals surface area contributed by atoms with Gasteiger partial charge in [0.05, 0.1) is 7.11 Å². The third kappa shape index (κ3) is 8.54. The summed E-state index contributed by atoms with van der Waals surface area (Å²) in [4.78, 5) is 12.5. The monoisotopic (exact) mass is 413 g/mol. The Labute approximate surface area is 177 Å². The lowest BCUT2D eigenvalue weighted by atomic mass is 10.1. The predicted molar refractivity (Wildman–Crippen MR) is 114 cm³/mol. The first-order valence-electron chi connectivity index (χ1n) is 9.98. The van der Waals surface area contributed by atoms with Crippen molar-refractivity contribution in [3.63, 3.8) is 0 Å². The van der Waals surface area contributed by atoms with E-state index in [1.165, 1.54) is 19.2 Å². The van der Waals surface area contributed by atoms with E-state index in [0.717, 1.165) is 16.9 Å². The second-order valence-electron chi connectivity index (χ2n) is 6.57. The van der Waals surface area contributed by atoms with Crippen LogP contribution in [0.25, 0.3) is 0 Å². The van der Waals surface area contributed by atoms with Crippen molar-refractivity contribution in [3.05, 3.63) is 65.5 Å². The average Bonchev–Trinajstić information content (AvgIpc) is 2.76. The number of amides is 1. The van der Waals surface area contributed by atoms with E-state index in [9.17, 15) is 9.18 Å². The molecule has 0 saturated heterocycles. The summed E-state index contributed by atoms with van der Waals surface area (Å²) in [5.74, 6) is 3.05. The van der Waals surface area contributed by atoms with Gasteiger partial charge in [-0.05, 0) is 67.5 Å². The van der Waals surface area contributed by atoms with Gasteiger partial charge in [0.15, 0.2) is 6.61 Å². The standard InChI is InChI=1S/C24H28FNO4/c1-3-29-23(14-9-19-5-10-21(25)11-6-19)24(27)26-16-15-20-7-12-22(13-8-20)30-18-4-17-28-2/h5-8,10-13,23H,3,9,14-16,18H2,1-2H3,(H,26,27). The fourth-order valence-corrected chi connectivity index (χ4v) is 2.86. The molecule has 1 unspecified atom stereocenters. The van der Waals surface area contributed by atoms with E-state index >= 15 is 0 Å². The van der Waals surface area contributed by atoms with Crippen LogP contribution < -0.4 is 10.1 Å². The summed E-state index contributed by atoms with van der Waals surface area (Å²) in [7, 11) is 1.50. The van der Waals surface area contributed by atoms with E-state index < -0.39 is 6.10 Å². The molecule has 0 spiro atoms. The lowest BCUT2D eigenvalue weighted by Gasteiger charge is -2.17. The highest BCUT2D eigenvalue weighted by molar-refractivity contribution is 5.80. The summed E-state index contributed by atoms with van der Waals surface area (Å²) in [6.45, 7) is 3.10. The maximum Gasteiger partial charge on any atom is 0.249 e. The number of methoxy groups -OCH3 is 1. The van der Waals surface area contributed by atoms with Crippen LogP contribution >= 0.6 is 0 Å². The molecule has 0 aliphatic heterocycles. The van der Waals surface area contributed by atoms with Crippen molar-refractivity contribution in [1.29, 1.82) is 0 Å². The number of hydrogen-bond acceptors (Lipinski definition) is 4. The number of benzene rings is 2. The van der Waals surface area contributed by atoms with Crippen LogP contribution in [0.4, 0.5) is 4.39 Å². The molecule has 0 aliphatic rings. The molecule has 1 amide bonds. The van der Waals surface area contributed by atoms with Crippen molar-refractivity contribution in [2.24, 2.45) is 0 Å². The van der Waals surface area contributed by atoms with Crippen molar-refractivity contribution >= 4 is 5.91 Å². The van der Waals surface area contributed by atoms with E-state index in [2.05, 4.69) is 22.1 Å². The molecule has 2 aromatic carbocycles. The molecule has 5 nitrogen and oxygen atoms in total. The van der Waals surface area contributed by atoms with E-state index in [1.54, 1.807) is 12.1 Å². The first-order valence-corrected chi connectivity index (χ1v) is 9.98. The number of carbonyl (C=O) groups is 1. The molecule has 160 valence electrons. The van der Waals surface area contributed by atoms with Crippen molar-refractivity contribution in [2.45, 2.75) is 32.3 Å². The summed E-state index contributed by atoms with van der Waals surface area (Å²) >= 11 is 0. The van der Waals surface area contributed by atoms with Gasteiger partial charge < -0.3 is 19.5 Å². The van der Waals surface area contributed by atoms with Crippen LogP contribution in [0.15, 0.2) is 48.5 Å². The van der Waals surface area contributed by atoms with Gasteiger partial charge in [0.2, 0.25) is 5.91 Å². The van der Waals surface area contributed by atoms with Gasteiger partial charge in [-0.15, -0.1) is 0 Å². The molecule has 1 atom stereocenters. The number of aryl methyl sites for hydroxylation is 1. The zero-order valence-corrected chi connectivity index (χ0v) is 17.4. The highest BCUT2D eigenvalue weighted by Gasteiger charge is 2.18. The van der Waals surface area contributed by atoms with E-state index in [0.29, 0.717) is 32.4 Å². The Bertz CT molecular complexity index is 825. The second kappa shape index (κ2) is 13.2. The molecule has 0 aromatic heterocycles. The second-order valence-corrected chi connectivity index (χ2v) is 6.57. The lowest BCUT2D eigenvalue weighted by molar-refractivity contribution is -0.132. The molecular weight excluding hydrogens is 385 g/mol. The van der Waals surface area contributed by atoms with Crippen LogP contribution in [0, 0.1) is 17.8 Å². The van der Waals surface area contributed by atoms with E-state index in [-0.39, 0.29) is 18.3 Å². The van der Waals surface area contributed by atoms with Gasteiger partial charge in [-0.3, -0.25) is 4.79 Å². The number of halogens is 1. The molecule has 0 bridgehead atoms. The van der Waals surface area contributed by atoms with Crippen molar-refractivity contribution in [1.82, 2.24) is 5.32 Å². The van der Waals surface area contributed by atoms with Crippen LogP contribution in [-0.4, -0.2) is 38.9 Å². The Hall–Kier alpha value is -3.04. The van der Waals surface area contributed by atoms with Gasteiger partial charge in [0.25, 0.3) is 0 Å². The van der Waals surface area contributed by atoms with Crippen LogP contribution in [0.3, 0.4) is 0 Å². The maximum atomic E-state index is 13.0.